The number of nitrogens with two attached hydrogens (primary N) is 1. The summed E-state index contributed by atoms with van der Waals surface area (Å²) in [4.78, 5) is 17.3. The van der Waals surface area contributed by atoms with Gasteiger partial charge in [-0.15, -0.1) is 0 Å². The van der Waals surface area contributed by atoms with Crippen molar-refractivity contribution in [2.75, 3.05) is 5.73 Å². The molecule has 1 aromatic rings. The Labute approximate surface area is 74.9 Å². The molecular formula is C8H11N3O2. The van der Waals surface area contributed by atoms with Crippen LogP contribution in [0.5, 0.6) is 5.88 Å². The highest BCUT2D eigenvalue weighted by Crippen LogP contribution is 2.25. The molecule has 0 unspecified atom stereocenters. The Hall–Kier alpha value is -1.52. The molecule has 0 radical (unpaired) electrons. The monoisotopic (exact) mass is 181 g/mol. The fourth-order valence-corrected chi connectivity index (χ4v) is 1.13. The highest BCUT2D eigenvalue weighted by Gasteiger charge is 2.21. The number of hydrogen-bond donors (Lipinski definition) is 2. The third-order valence-electron chi connectivity index (χ3n) is 2.18. The molecule has 1 heterocycles. The second-order valence-corrected chi connectivity index (χ2v) is 3.12. The third-order valence-corrected chi connectivity index (χ3v) is 2.18. The fraction of sp³-hybridized carbons (Fsp3) is 0.500. The summed E-state index contributed by atoms with van der Waals surface area (Å²) < 4.78 is 5.41. The molecular weight excluding hydrogens is 170 g/mol. The minimum absolute atomic E-state index is 0.0643. The largest absolute Gasteiger partial charge is 0.473 e. The summed E-state index contributed by atoms with van der Waals surface area (Å²) in [5, 5.41) is 0. The summed E-state index contributed by atoms with van der Waals surface area (Å²) in [5.74, 6) is 0.258. The van der Waals surface area contributed by atoms with Crippen molar-refractivity contribution in [3.63, 3.8) is 0 Å². The van der Waals surface area contributed by atoms with Gasteiger partial charge in [-0.1, -0.05) is 0 Å². The van der Waals surface area contributed by atoms with Crippen LogP contribution >= 0.6 is 0 Å². The van der Waals surface area contributed by atoms with Crippen molar-refractivity contribution in [2.24, 2.45) is 0 Å². The Balaban J connectivity index is 2.19. The molecule has 0 aliphatic heterocycles. The molecule has 1 aliphatic carbocycles. The summed E-state index contributed by atoms with van der Waals surface area (Å²) in [7, 11) is 0. The lowest BCUT2D eigenvalue weighted by atomic mass is 9.96. The number of nitrogens with one attached hydrogen (secondary N) is 1. The summed E-state index contributed by atoms with van der Waals surface area (Å²) in [6.45, 7) is 0. The van der Waals surface area contributed by atoms with Gasteiger partial charge in [-0.2, -0.15) is 0 Å². The lowest BCUT2D eigenvalue weighted by Crippen LogP contribution is -2.26. The van der Waals surface area contributed by atoms with Gasteiger partial charge in [-0.3, -0.25) is 4.79 Å². The van der Waals surface area contributed by atoms with Crippen molar-refractivity contribution >= 4 is 5.69 Å². The van der Waals surface area contributed by atoms with E-state index in [2.05, 4.69) is 9.97 Å². The molecule has 13 heavy (non-hydrogen) atoms. The maximum atomic E-state index is 11.0. The van der Waals surface area contributed by atoms with Crippen LogP contribution in [-0.2, 0) is 0 Å². The zero-order valence-electron chi connectivity index (χ0n) is 7.12. The maximum Gasteiger partial charge on any atom is 0.277 e. The molecule has 0 spiro atoms. The third kappa shape index (κ3) is 1.49. The summed E-state index contributed by atoms with van der Waals surface area (Å²) in [5.41, 5.74) is 5.20. The number of H-pyrrole nitrogens is 1. The SMILES string of the molecule is Nc1c(OC2CCC2)nc[nH]c1=O. The van der Waals surface area contributed by atoms with E-state index in [4.69, 9.17) is 10.5 Å². The van der Waals surface area contributed by atoms with Gasteiger partial charge >= 0.3 is 0 Å². The van der Waals surface area contributed by atoms with Gasteiger partial charge in [-0.05, 0) is 19.3 Å². The van der Waals surface area contributed by atoms with E-state index < -0.39 is 0 Å². The van der Waals surface area contributed by atoms with Crippen molar-refractivity contribution < 1.29 is 4.74 Å². The quantitative estimate of drug-likeness (QED) is 0.686. The van der Waals surface area contributed by atoms with E-state index in [1.165, 1.54) is 12.7 Å². The Morgan fingerprint density at radius 1 is 1.62 bits per heavy atom. The van der Waals surface area contributed by atoms with Crippen LogP contribution in [-0.4, -0.2) is 16.1 Å². The summed E-state index contributed by atoms with van der Waals surface area (Å²) in [6, 6.07) is 0. The number of anilines is 1. The number of ether oxygens (including phenoxy) is 1. The predicted molar refractivity (Wildman–Crippen MR) is 47.5 cm³/mol. The van der Waals surface area contributed by atoms with Crippen LogP contribution in [0.1, 0.15) is 19.3 Å². The molecule has 0 aromatic carbocycles. The first-order valence-electron chi connectivity index (χ1n) is 4.27. The zero-order chi connectivity index (χ0) is 9.26. The van der Waals surface area contributed by atoms with Crippen LogP contribution in [0.3, 0.4) is 0 Å². The molecule has 5 heteroatoms. The Bertz CT molecular complexity index is 357. The van der Waals surface area contributed by atoms with Gasteiger partial charge in [0, 0.05) is 0 Å². The first-order chi connectivity index (χ1) is 6.27. The fourth-order valence-electron chi connectivity index (χ4n) is 1.13. The highest BCUT2D eigenvalue weighted by molar-refractivity contribution is 5.44. The second kappa shape index (κ2) is 3.08. The number of nitrogen functional groups attached to an aromatic ring is 1. The molecule has 2 rings (SSSR count). The van der Waals surface area contributed by atoms with Gasteiger partial charge in [0.1, 0.15) is 6.10 Å². The van der Waals surface area contributed by atoms with E-state index >= 15 is 0 Å². The van der Waals surface area contributed by atoms with Crippen LogP contribution in [0.15, 0.2) is 11.1 Å². The molecule has 1 saturated carbocycles. The Morgan fingerprint density at radius 3 is 3.00 bits per heavy atom. The number of nitrogens with zero attached hydrogens (tertiary/aromatic N) is 1. The first kappa shape index (κ1) is 8.10. The minimum Gasteiger partial charge on any atom is -0.473 e. The van der Waals surface area contributed by atoms with Crippen LogP contribution in [0.2, 0.25) is 0 Å². The minimum atomic E-state index is -0.343. The van der Waals surface area contributed by atoms with Gasteiger partial charge < -0.3 is 15.5 Å². The summed E-state index contributed by atoms with van der Waals surface area (Å²) in [6.07, 6.45) is 4.71. The van der Waals surface area contributed by atoms with Crippen molar-refractivity contribution in [1.82, 2.24) is 9.97 Å². The Morgan fingerprint density at radius 2 is 2.38 bits per heavy atom. The van der Waals surface area contributed by atoms with E-state index in [0.29, 0.717) is 0 Å². The molecule has 0 atom stereocenters. The van der Waals surface area contributed by atoms with Crippen molar-refractivity contribution in [3.05, 3.63) is 16.7 Å². The maximum absolute atomic E-state index is 11.0. The topological polar surface area (TPSA) is 81.0 Å². The number of rotatable bonds is 2. The van der Waals surface area contributed by atoms with Gasteiger partial charge in [0.05, 0.1) is 6.33 Å². The average molecular weight is 181 g/mol. The van der Waals surface area contributed by atoms with E-state index in [-0.39, 0.29) is 23.2 Å². The predicted octanol–water partition coefficient (Wildman–Crippen LogP) is 0.283. The van der Waals surface area contributed by atoms with Gasteiger partial charge in [-0.25, -0.2) is 4.98 Å². The van der Waals surface area contributed by atoms with Gasteiger partial charge in [0.2, 0.25) is 5.88 Å². The molecule has 1 aromatic heterocycles. The van der Waals surface area contributed by atoms with Crippen LogP contribution in [0, 0.1) is 0 Å². The van der Waals surface area contributed by atoms with Crippen molar-refractivity contribution in [2.45, 2.75) is 25.4 Å². The van der Waals surface area contributed by atoms with E-state index in [1.54, 1.807) is 0 Å². The van der Waals surface area contributed by atoms with Crippen LogP contribution in [0.4, 0.5) is 5.69 Å². The standard InChI is InChI=1S/C8H11N3O2/c9-6-7(12)10-4-11-8(6)13-5-2-1-3-5/h4-5H,1-3,9H2,(H,10,11,12). The van der Waals surface area contributed by atoms with Gasteiger partial charge in [0.25, 0.3) is 5.56 Å². The molecule has 0 saturated heterocycles. The van der Waals surface area contributed by atoms with Crippen LogP contribution < -0.4 is 16.0 Å². The van der Waals surface area contributed by atoms with Crippen molar-refractivity contribution in [1.29, 1.82) is 0 Å². The van der Waals surface area contributed by atoms with E-state index in [0.717, 1.165) is 12.8 Å². The van der Waals surface area contributed by atoms with E-state index in [9.17, 15) is 4.79 Å². The molecule has 0 bridgehead atoms. The second-order valence-electron chi connectivity index (χ2n) is 3.12. The molecule has 3 N–H and O–H groups in total. The number of aromatic amines is 1. The van der Waals surface area contributed by atoms with Gasteiger partial charge in [0.15, 0.2) is 5.69 Å². The summed E-state index contributed by atoms with van der Waals surface area (Å²) >= 11 is 0. The molecule has 0 amide bonds. The lowest BCUT2D eigenvalue weighted by molar-refractivity contribution is 0.115. The van der Waals surface area contributed by atoms with E-state index in [1.807, 2.05) is 0 Å². The normalized spacial score (nSPS) is 16.6. The highest BCUT2D eigenvalue weighted by atomic mass is 16.5. The van der Waals surface area contributed by atoms with Crippen molar-refractivity contribution in [3.8, 4) is 5.88 Å². The molecule has 5 nitrogen and oxygen atoms in total. The average Bonchev–Trinajstić information content (AvgIpc) is 2.04. The zero-order valence-corrected chi connectivity index (χ0v) is 7.12. The number of hydrogen-bond acceptors (Lipinski definition) is 4. The molecule has 70 valence electrons. The smallest absolute Gasteiger partial charge is 0.277 e. The number of aromatic nitrogens is 2. The lowest BCUT2D eigenvalue weighted by Gasteiger charge is -2.25. The molecule has 1 aliphatic rings. The van der Waals surface area contributed by atoms with Crippen LogP contribution in [0.25, 0.3) is 0 Å². The Kier molecular flexibility index (Phi) is 1.92. The molecule has 1 fully saturated rings. The first-order valence-corrected chi connectivity index (χ1v) is 4.27.